The third kappa shape index (κ3) is 1.73. The minimum atomic E-state index is -0.764. The van der Waals surface area contributed by atoms with Gasteiger partial charge >= 0.3 is 5.97 Å². The number of fused-ring (bicyclic) bond motifs is 1. The molecule has 0 atom stereocenters. The summed E-state index contributed by atoms with van der Waals surface area (Å²) in [4.78, 5) is 10.5. The molecule has 14 heavy (non-hydrogen) atoms. The third-order valence-electron chi connectivity index (χ3n) is 2.30. The van der Waals surface area contributed by atoms with Gasteiger partial charge in [0, 0.05) is 4.47 Å². The first-order valence-corrected chi connectivity index (χ1v) is 5.15. The molecule has 0 heterocycles. The first-order chi connectivity index (χ1) is 6.66. The van der Waals surface area contributed by atoms with Crippen molar-refractivity contribution in [2.24, 2.45) is 0 Å². The van der Waals surface area contributed by atoms with Crippen molar-refractivity contribution >= 4 is 28.0 Å². The fourth-order valence-electron chi connectivity index (χ4n) is 1.70. The van der Waals surface area contributed by atoms with Gasteiger partial charge in [0.05, 0.1) is 6.42 Å². The molecule has 1 aliphatic rings. The molecule has 0 aromatic heterocycles. The van der Waals surface area contributed by atoms with Crippen LogP contribution in [0.2, 0.25) is 0 Å². The molecule has 2 rings (SSSR count). The van der Waals surface area contributed by atoms with Gasteiger partial charge in [-0.2, -0.15) is 0 Å². The summed E-state index contributed by atoms with van der Waals surface area (Å²) >= 11 is 3.46. The Labute approximate surface area is 90.4 Å². The molecular formula is C11H9BrO2. The molecule has 0 bridgehead atoms. The summed E-state index contributed by atoms with van der Waals surface area (Å²) in [5.41, 5.74) is 3.30. The lowest BCUT2D eigenvalue weighted by Crippen LogP contribution is -1.97. The quantitative estimate of drug-likeness (QED) is 0.879. The van der Waals surface area contributed by atoms with Gasteiger partial charge in [0.1, 0.15) is 0 Å². The van der Waals surface area contributed by atoms with Gasteiger partial charge in [0.15, 0.2) is 0 Å². The molecule has 0 radical (unpaired) electrons. The van der Waals surface area contributed by atoms with Gasteiger partial charge in [-0.1, -0.05) is 39.7 Å². The van der Waals surface area contributed by atoms with Crippen molar-refractivity contribution < 1.29 is 9.90 Å². The lowest BCUT2D eigenvalue weighted by Gasteiger charge is -2.01. The van der Waals surface area contributed by atoms with Crippen molar-refractivity contribution in [3.63, 3.8) is 0 Å². The van der Waals surface area contributed by atoms with E-state index in [1.165, 1.54) is 5.56 Å². The van der Waals surface area contributed by atoms with Crippen LogP contribution in [0.25, 0.3) is 6.08 Å². The van der Waals surface area contributed by atoms with Crippen LogP contribution >= 0.6 is 15.9 Å². The van der Waals surface area contributed by atoms with Crippen LogP contribution in [0.4, 0.5) is 0 Å². The first kappa shape index (κ1) is 9.46. The van der Waals surface area contributed by atoms with E-state index in [4.69, 9.17) is 5.11 Å². The predicted octanol–water partition coefficient (Wildman–Crippen LogP) is 2.86. The largest absolute Gasteiger partial charge is 0.481 e. The standard InChI is InChI=1S/C11H9BrO2/c12-10-3-1-2-8-4-7(5-9(8)10)6-11(13)14/h1-4H,5-6H2,(H,13,14). The topological polar surface area (TPSA) is 37.3 Å². The Bertz CT molecular complexity index is 421. The van der Waals surface area contributed by atoms with Crippen LogP contribution in [0.15, 0.2) is 28.2 Å². The predicted molar refractivity (Wildman–Crippen MR) is 58.1 cm³/mol. The minimum absolute atomic E-state index is 0.140. The van der Waals surface area contributed by atoms with Gasteiger partial charge in [0.2, 0.25) is 0 Å². The van der Waals surface area contributed by atoms with Crippen LogP contribution in [-0.4, -0.2) is 11.1 Å². The van der Waals surface area contributed by atoms with E-state index in [0.29, 0.717) is 0 Å². The third-order valence-corrected chi connectivity index (χ3v) is 3.04. The molecule has 1 aliphatic carbocycles. The highest BCUT2D eigenvalue weighted by Crippen LogP contribution is 2.32. The van der Waals surface area contributed by atoms with Gasteiger partial charge < -0.3 is 5.11 Å². The summed E-state index contributed by atoms with van der Waals surface area (Å²) in [6.45, 7) is 0. The molecule has 3 heteroatoms. The Morgan fingerprint density at radius 1 is 1.50 bits per heavy atom. The highest BCUT2D eigenvalue weighted by Gasteiger charge is 2.16. The van der Waals surface area contributed by atoms with Crippen molar-refractivity contribution in [1.29, 1.82) is 0 Å². The number of hydrogen-bond acceptors (Lipinski definition) is 1. The second-order valence-corrected chi connectivity index (χ2v) is 4.21. The normalized spacial score (nSPS) is 13.6. The van der Waals surface area contributed by atoms with Gasteiger partial charge in [-0.25, -0.2) is 0 Å². The van der Waals surface area contributed by atoms with E-state index >= 15 is 0 Å². The zero-order valence-corrected chi connectivity index (χ0v) is 9.04. The summed E-state index contributed by atoms with van der Waals surface area (Å²) in [5.74, 6) is -0.764. The highest BCUT2D eigenvalue weighted by atomic mass is 79.9. The van der Waals surface area contributed by atoms with E-state index in [2.05, 4.69) is 15.9 Å². The molecule has 0 fully saturated rings. The van der Waals surface area contributed by atoms with Gasteiger partial charge in [0.25, 0.3) is 0 Å². The molecule has 0 saturated heterocycles. The SMILES string of the molecule is O=C(O)CC1=Cc2cccc(Br)c2C1. The van der Waals surface area contributed by atoms with Crippen molar-refractivity contribution in [2.45, 2.75) is 12.8 Å². The minimum Gasteiger partial charge on any atom is -0.481 e. The zero-order chi connectivity index (χ0) is 10.1. The van der Waals surface area contributed by atoms with E-state index in [-0.39, 0.29) is 6.42 Å². The molecule has 0 saturated carbocycles. The molecule has 2 nitrogen and oxygen atoms in total. The van der Waals surface area contributed by atoms with Gasteiger partial charge in [-0.15, -0.1) is 0 Å². The number of carboxylic acid groups (broad SMARTS) is 1. The molecule has 0 amide bonds. The zero-order valence-electron chi connectivity index (χ0n) is 7.46. The monoisotopic (exact) mass is 252 g/mol. The van der Waals surface area contributed by atoms with Crippen molar-refractivity contribution in [3.05, 3.63) is 39.4 Å². The smallest absolute Gasteiger partial charge is 0.307 e. The summed E-state index contributed by atoms with van der Waals surface area (Å²) in [5, 5.41) is 8.67. The number of rotatable bonds is 2. The Morgan fingerprint density at radius 2 is 2.29 bits per heavy atom. The van der Waals surface area contributed by atoms with Crippen LogP contribution in [0.5, 0.6) is 0 Å². The Kier molecular flexibility index (Phi) is 2.42. The van der Waals surface area contributed by atoms with Crippen LogP contribution in [0.3, 0.4) is 0 Å². The Morgan fingerprint density at radius 3 is 2.93 bits per heavy atom. The molecule has 0 spiro atoms. The van der Waals surface area contributed by atoms with E-state index in [0.717, 1.165) is 22.0 Å². The molecule has 1 N–H and O–H groups in total. The van der Waals surface area contributed by atoms with Gasteiger partial charge in [-0.3, -0.25) is 4.79 Å². The molecule has 0 aliphatic heterocycles. The van der Waals surface area contributed by atoms with Crippen LogP contribution < -0.4 is 0 Å². The first-order valence-electron chi connectivity index (χ1n) is 4.35. The molecule has 1 aromatic carbocycles. The number of carbonyl (C=O) groups is 1. The second-order valence-electron chi connectivity index (χ2n) is 3.36. The van der Waals surface area contributed by atoms with E-state index in [9.17, 15) is 4.79 Å². The fraction of sp³-hybridized carbons (Fsp3) is 0.182. The van der Waals surface area contributed by atoms with Crippen LogP contribution in [0.1, 0.15) is 17.5 Å². The highest BCUT2D eigenvalue weighted by molar-refractivity contribution is 9.10. The summed E-state index contributed by atoms with van der Waals surface area (Å²) in [6.07, 6.45) is 2.86. The van der Waals surface area contributed by atoms with E-state index in [1.54, 1.807) is 0 Å². The molecule has 1 aromatic rings. The maximum absolute atomic E-state index is 10.5. The van der Waals surface area contributed by atoms with Crippen LogP contribution in [0, 0.1) is 0 Å². The molecule has 72 valence electrons. The lowest BCUT2D eigenvalue weighted by atomic mass is 10.1. The average Bonchev–Trinajstić information content (AvgIpc) is 2.47. The van der Waals surface area contributed by atoms with Crippen molar-refractivity contribution in [2.75, 3.05) is 0 Å². The second kappa shape index (κ2) is 3.58. The number of halogens is 1. The Balaban J connectivity index is 2.28. The summed E-state index contributed by atoms with van der Waals surface area (Å²) in [6, 6.07) is 5.95. The fourth-order valence-corrected chi connectivity index (χ4v) is 2.22. The maximum Gasteiger partial charge on any atom is 0.307 e. The average molecular weight is 253 g/mol. The number of hydrogen-bond donors (Lipinski definition) is 1. The van der Waals surface area contributed by atoms with E-state index in [1.807, 2.05) is 24.3 Å². The molecule has 0 unspecified atom stereocenters. The maximum atomic E-state index is 10.5. The van der Waals surface area contributed by atoms with Crippen molar-refractivity contribution in [3.8, 4) is 0 Å². The lowest BCUT2D eigenvalue weighted by molar-refractivity contribution is -0.136. The van der Waals surface area contributed by atoms with Crippen LogP contribution in [-0.2, 0) is 11.2 Å². The summed E-state index contributed by atoms with van der Waals surface area (Å²) in [7, 11) is 0. The number of aliphatic carboxylic acids is 1. The van der Waals surface area contributed by atoms with Gasteiger partial charge in [-0.05, 0) is 23.6 Å². The molecular weight excluding hydrogens is 244 g/mol. The van der Waals surface area contributed by atoms with Crippen molar-refractivity contribution in [1.82, 2.24) is 0 Å². The summed E-state index contributed by atoms with van der Waals surface area (Å²) < 4.78 is 1.06. The van der Waals surface area contributed by atoms with E-state index < -0.39 is 5.97 Å². The Hall–Kier alpha value is -1.09. The number of benzene rings is 1. The number of carboxylic acids is 1.